The van der Waals surface area contributed by atoms with E-state index in [0.717, 1.165) is 19.3 Å². The van der Waals surface area contributed by atoms with E-state index in [1.165, 1.54) is 0 Å². The Morgan fingerprint density at radius 3 is 1.27 bits per heavy atom. The molecule has 0 aromatic carbocycles. The molecule has 0 aliphatic rings. The molecule has 4 nitrogen and oxygen atoms in total. The van der Waals surface area contributed by atoms with Crippen LogP contribution in [0.5, 0.6) is 0 Å². The monoisotopic (exact) mass is 258 g/mol. The molecule has 0 aliphatic heterocycles. The van der Waals surface area contributed by atoms with Gasteiger partial charge in [0, 0.05) is 0 Å². The van der Waals surface area contributed by atoms with Crippen LogP contribution in [0.3, 0.4) is 0 Å². The van der Waals surface area contributed by atoms with Crippen molar-refractivity contribution in [2.75, 3.05) is 19.8 Å². The van der Waals surface area contributed by atoms with E-state index in [9.17, 15) is 4.57 Å². The summed E-state index contributed by atoms with van der Waals surface area (Å²) in [7, 11) is -3.27. The van der Waals surface area contributed by atoms with Crippen LogP contribution in [0, 0.1) is 0 Å². The van der Waals surface area contributed by atoms with Crippen LogP contribution in [0.25, 0.3) is 0 Å². The van der Waals surface area contributed by atoms with E-state index in [1.54, 1.807) is 0 Å². The molecule has 1 atom stereocenters. The standard InChI is InChI=1S/C9H21O4P.H3P/c1-4-7-11-14(10,12-8-5-2)13-9-6-3;/h4-9H2,1-3H3;1H3. The van der Waals surface area contributed by atoms with E-state index in [2.05, 4.69) is 0 Å². The molecule has 0 aromatic rings. The molecule has 0 heterocycles. The van der Waals surface area contributed by atoms with Gasteiger partial charge in [0.15, 0.2) is 0 Å². The second-order valence-corrected chi connectivity index (χ2v) is 4.62. The molecular formula is C9H24O4P2. The van der Waals surface area contributed by atoms with E-state index in [0.29, 0.717) is 19.8 Å². The highest BCUT2D eigenvalue weighted by Crippen LogP contribution is 2.49. The topological polar surface area (TPSA) is 44.8 Å². The van der Waals surface area contributed by atoms with Gasteiger partial charge in [-0.15, -0.1) is 0 Å². The Balaban J connectivity index is 0. The van der Waals surface area contributed by atoms with Crippen molar-refractivity contribution in [3.05, 3.63) is 0 Å². The molecule has 0 bridgehead atoms. The van der Waals surface area contributed by atoms with Crippen LogP contribution in [0.4, 0.5) is 0 Å². The highest BCUT2D eigenvalue weighted by molar-refractivity contribution is 7.48. The number of phosphoric acid groups is 1. The molecule has 0 fully saturated rings. The normalized spacial score (nSPS) is 11.1. The summed E-state index contributed by atoms with van der Waals surface area (Å²) in [5, 5.41) is 0. The van der Waals surface area contributed by atoms with Gasteiger partial charge < -0.3 is 0 Å². The Morgan fingerprint density at radius 2 is 1.07 bits per heavy atom. The summed E-state index contributed by atoms with van der Waals surface area (Å²) in [4.78, 5) is 0. The maximum atomic E-state index is 11.8. The van der Waals surface area contributed by atoms with Gasteiger partial charge in [-0.1, -0.05) is 20.8 Å². The lowest BCUT2D eigenvalue weighted by Gasteiger charge is -2.16. The van der Waals surface area contributed by atoms with Crippen molar-refractivity contribution in [3.63, 3.8) is 0 Å². The smallest absolute Gasteiger partial charge is 0.287 e. The molecule has 94 valence electrons. The van der Waals surface area contributed by atoms with Gasteiger partial charge in [-0.25, -0.2) is 4.57 Å². The lowest BCUT2D eigenvalue weighted by Crippen LogP contribution is -2.02. The summed E-state index contributed by atoms with van der Waals surface area (Å²) in [6, 6.07) is 0. The van der Waals surface area contributed by atoms with Crippen LogP contribution in [0.2, 0.25) is 0 Å². The van der Waals surface area contributed by atoms with Crippen LogP contribution in [0.15, 0.2) is 0 Å². The third-order valence-electron chi connectivity index (χ3n) is 1.36. The minimum Gasteiger partial charge on any atom is -0.287 e. The van der Waals surface area contributed by atoms with Crippen LogP contribution in [-0.4, -0.2) is 19.8 Å². The predicted octanol–water partition coefficient (Wildman–Crippen LogP) is 3.43. The van der Waals surface area contributed by atoms with Crippen LogP contribution in [0.1, 0.15) is 40.0 Å². The van der Waals surface area contributed by atoms with Gasteiger partial charge in [0.2, 0.25) is 0 Å². The number of hydrogen-bond donors (Lipinski definition) is 0. The Bertz CT molecular complexity index is 147. The van der Waals surface area contributed by atoms with Gasteiger partial charge in [0.25, 0.3) is 0 Å². The molecule has 0 amide bonds. The van der Waals surface area contributed by atoms with Gasteiger partial charge in [-0.2, -0.15) is 9.90 Å². The van der Waals surface area contributed by atoms with E-state index in [-0.39, 0.29) is 9.90 Å². The maximum Gasteiger partial charge on any atom is 0.474 e. The van der Waals surface area contributed by atoms with Gasteiger partial charge in [0.1, 0.15) is 0 Å². The molecule has 0 rings (SSSR count). The highest BCUT2D eigenvalue weighted by Gasteiger charge is 2.25. The van der Waals surface area contributed by atoms with Gasteiger partial charge >= 0.3 is 7.82 Å². The zero-order valence-corrected chi connectivity index (χ0v) is 12.3. The average Bonchev–Trinajstić information content (AvgIpc) is 2.21. The van der Waals surface area contributed by atoms with Crippen LogP contribution >= 0.6 is 17.7 Å². The minimum absolute atomic E-state index is 0. The molecule has 6 heteroatoms. The molecule has 0 saturated heterocycles. The summed E-state index contributed by atoms with van der Waals surface area (Å²) >= 11 is 0. The summed E-state index contributed by atoms with van der Waals surface area (Å²) in [6.45, 7) is 7.07. The van der Waals surface area contributed by atoms with Crippen molar-refractivity contribution in [1.29, 1.82) is 0 Å². The average molecular weight is 258 g/mol. The molecule has 15 heavy (non-hydrogen) atoms. The Hall–Kier alpha value is 0.540. The van der Waals surface area contributed by atoms with Crippen LogP contribution in [-0.2, 0) is 18.1 Å². The second-order valence-electron chi connectivity index (χ2n) is 2.95. The zero-order valence-electron chi connectivity index (χ0n) is 10.0. The summed E-state index contributed by atoms with van der Waals surface area (Å²) < 4.78 is 27.1. The highest BCUT2D eigenvalue weighted by atomic mass is 31.2. The Labute approximate surface area is 96.3 Å². The summed E-state index contributed by atoms with van der Waals surface area (Å²) in [6.07, 6.45) is 2.40. The molecule has 0 spiro atoms. The molecule has 0 saturated carbocycles. The first kappa shape index (κ1) is 17.9. The first-order valence-electron chi connectivity index (χ1n) is 5.22. The van der Waals surface area contributed by atoms with Crippen molar-refractivity contribution < 1.29 is 18.1 Å². The summed E-state index contributed by atoms with van der Waals surface area (Å²) in [5.41, 5.74) is 0. The fourth-order valence-electron chi connectivity index (χ4n) is 0.721. The third-order valence-corrected chi connectivity index (χ3v) is 2.86. The van der Waals surface area contributed by atoms with Gasteiger partial charge in [-0.3, -0.25) is 13.6 Å². The van der Waals surface area contributed by atoms with Crippen molar-refractivity contribution in [3.8, 4) is 0 Å². The Morgan fingerprint density at radius 1 is 0.800 bits per heavy atom. The lowest BCUT2D eigenvalue weighted by atomic mass is 10.5. The fraction of sp³-hybridized carbons (Fsp3) is 1.00. The zero-order chi connectivity index (χ0) is 10.9. The number of rotatable bonds is 9. The van der Waals surface area contributed by atoms with Crippen molar-refractivity contribution in [2.24, 2.45) is 0 Å². The van der Waals surface area contributed by atoms with Crippen LogP contribution < -0.4 is 0 Å². The molecule has 0 aromatic heterocycles. The van der Waals surface area contributed by atoms with Crippen molar-refractivity contribution in [2.45, 2.75) is 40.0 Å². The van der Waals surface area contributed by atoms with E-state index in [1.807, 2.05) is 20.8 Å². The molecule has 0 aliphatic carbocycles. The lowest BCUT2D eigenvalue weighted by molar-refractivity contribution is 0.113. The quantitative estimate of drug-likeness (QED) is 0.594. The largest absolute Gasteiger partial charge is 0.474 e. The van der Waals surface area contributed by atoms with Gasteiger partial charge in [0.05, 0.1) is 19.8 Å². The molecule has 0 N–H and O–H groups in total. The third kappa shape index (κ3) is 9.47. The van der Waals surface area contributed by atoms with E-state index < -0.39 is 7.82 Å². The maximum absolute atomic E-state index is 11.8. The molecular weight excluding hydrogens is 234 g/mol. The SMILES string of the molecule is CCCOP(=O)(OCCC)OCCC.P. The first-order valence-corrected chi connectivity index (χ1v) is 6.68. The molecule has 0 radical (unpaired) electrons. The van der Waals surface area contributed by atoms with E-state index in [4.69, 9.17) is 13.6 Å². The Kier molecular flexibility index (Phi) is 13.2. The first-order chi connectivity index (χ1) is 6.68. The van der Waals surface area contributed by atoms with Gasteiger partial charge in [-0.05, 0) is 19.3 Å². The fourth-order valence-corrected chi connectivity index (χ4v) is 2.16. The number of hydrogen-bond acceptors (Lipinski definition) is 4. The van der Waals surface area contributed by atoms with Crippen molar-refractivity contribution in [1.82, 2.24) is 0 Å². The van der Waals surface area contributed by atoms with Crippen molar-refractivity contribution >= 4 is 17.7 Å². The van der Waals surface area contributed by atoms with E-state index >= 15 is 0 Å². The minimum atomic E-state index is -3.27. The number of phosphoric ester groups is 1. The predicted molar refractivity (Wildman–Crippen MR) is 67.4 cm³/mol. The summed E-state index contributed by atoms with van der Waals surface area (Å²) in [5.74, 6) is 0. The molecule has 1 unspecified atom stereocenters. The second kappa shape index (κ2) is 11.0.